The molecule has 4 heteroatoms. The van der Waals surface area contributed by atoms with Gasteiger partial charge in [-0.2, -0.15) is 0 Å². The largest absolute Gasteiger partial charge is 0.399 e. The van der Waals surface area contributed by atoms with Gasteiger partial charge in [-0.3, -0.25) is 4.98 Å². The number of aromatic nitrogens is 1. The van der Waals surface area contributed by atoms with Gasteiger partial charge in [0.1, 0.15) is 0 Å². The SMILES string of the molecule is Nc1ccc2cc(COCCO)cnc2c1. The molecule has 0 saturated carbocycles. The lowest BCUT2D eigenvalue weighted by Crippen LogP contribution is -1.99. The Labute approximate surface area is 93.7 Å². The second-order valence-corrected chi connectivity index (χ2v) is 3.57. The number of nitrogens with two attached hydrogens (primary N) is 1. The van der Waals surface area contributed by atoms with Crippen molar-refractivity contribution in [2.45, 2.75) is 6.61 Å². The van der Waals surface area contributed by atoms with E-state index in [4.69, 9.17) is 15.6 Å². The first-order valence-electron chi connectivity index (χ1n) is 5.12. The monoisotopic (exact) mass is 218 g/mol. The van der Waals surface area contributed by atoms with E-state index >= 15 is 0 Å². The summed E-state index contributed by atoms with van der Waals surface area (Å²) in [6.45, 7) is 0.852. The number of nitrogen functional groups attached to an aromatic ring is 1. The van der Waals surface area contributed by atoms with Crippen molar-refractivity contribution in [3.63, 3.8) is 0 Å². The van der Waals surface area contributed by atoms with Gasteiger partial charge in [0.25, 0.3) is 0 Å². The van der Waals surface area contributed by atoms with E-state index in [0.29, 0.717) is 18.9 Å². The van der Waals surface area contributed by atoms with Crippen molar-refractivity contribution in [3.05, 3.63) is 36.0 Å². The van der Waals surface area contributed by atoms with Crippen LogP contribution in [0.25, 0.3) is 10.9 Å². The van der Waals surface area contributed by atoms with Crippen molar-refractivity contribution in [3.8, 4) is 0 Å². The van der Waals surface area contributed by atoms with Gasteiger partial charge in [0, 0.05) is 17.3 Å². The summed E-state index contributed by atoms with van der Waals surface area (Å²) in [6.07, 6.45) is 1.76. The fourth-order valence-electron chi connectivity index (χ4n) is 1.52. The Hall–Kier alpha value is -1.65. The second kappa shape index (κ2) is 4.92. The summed E-state index contributed by atoms with van der Waals surface area (Å²) in [6, 6.07) is 7.64. The number of fused-ring (bicyclic) bond motifs is 1. The highest BCUT2D eigenvalue weighted by atomic mass is 16.5. The van der Waals surface area contributed by atoms with E-state index in [9.17, 15) is 0 Å². The van der Waals surface area contributed by atoms with Crippen molar-refractivity contribution in [2.24, 2.45) is 0 Å². The number of benzene rings is 1. The van der Waals surface area contributed by atoms with Crippen LogP contribution in [0.15, 0.2) is 30.5 Å². The lowest BCUT2D eigenvalue weighted by Gasteiger charge is -2.04. The predicted molar refractivity (Wildman–Crippen MR) is 62.9 cm³/mol. The third kappa shape index (κ3) is 2.48. The molecule has 1 aromatic heterocycles. The second-order valence-electron chi connectivity index (χ2n) is 3.57. The molecular formula is C12H14N2O2. The maximum atomic E-state index is 8.59. The molecule has 2 aromatic rings. The number of hydrogen-bond donors (Lipinski definition) is 2. The molecule has 0 unspecified atom stereocenters. The molecule has 0 aliphatic rings. The average molecular weight is 218 g/mol. The fraction of sp³-hybridized carbons (Fsp3) is 0.250. The Kier molecular flexibility index (Phi) is 3.34. The summed E-state index contributed by atoms with van der Waals surface area (Å²) in [7, 11) is 0. The first-order chi connectivity index (χ1) is 7.79. The highest BCUT2D eigenvalue weighted by Gasteiger charge is 1.98. The molecule has 1 heterocycles. The van der Waals surface area contributed by atoms with Crippen LogP contribution in [0.1, 0.15) is 5.56 Å². The third-order valence-electron chi connectivity index (χ3n) is 2.27. The van der Waals surface area contributed by atoms with Crippen LogP contribution < -0.4 is 5.73 Å². The highest BCUT2D eigenvalue weighted by Crippen LogP contribution is 2.16. The van der Waals surface area contributed by atoms with Crippen LogP contribution in [0.3, 0.4) is 0 Å². The van der Waals surface area contributed by atoms with E-state index in [0.717, 1.165) is 16.5 Å². The third-order valence-corrected chi connectivity index (χ3v) is 2.27. The Morgan fingerprint density at radius 2 is 2.19 bits per heavy atom. The topological polar surface area (TPSA) is 68.4 Å². The fourth-order valence-corrected chi connectivity index (χ4v) is 1.52. The molecule has 0 fully saturated rings. The number of anilines is 1. The van der Waals surface area contributed by atoms with Crippen LogP contribution in [0.4, 0.5) is 5.69 Å². The minimum Gasteiger partial charge on any atom is -0.399 e. The van der Waals surface area contributed by atoms with Gasteiger partial charge < -0.3 is 15.6 Å². The first-order valence-corrected chi connectivity index (χ1v) is 5.12. The highest BCUT2D eigenvalue weighted by molar-refractivity contribution is 5.81. The molecule has 0 atom stereocenters. The van der Waals surface area contributed by atoms with Gasteiger partial charge in [-0.1, -0.05) is 6.07 Å². The Balaban J connectivity index is 2.20. The maximum absolute atomic E-state index is 8.59. The van der Waals surface area contributed by atoms with Gasteiger partial charge >= 0.3 is 0 Å². The molecule has 0 bridgehead atoms. The van der Waals surface area contributed by atoms with Crippen LogP contribution in [0.5, 0.6) is 0 Å². The molecule has 16 heavy (non-hydrogen) atoms. The van der Waals surface area contributed by atoms with Crippen molar-refractivity contribution >= 4 is 16.6 Å². The molecule has 84 valence electrons. The van der Waals surface area contributed by atoms with Crippen LogP contribution in [0.2, 0.25) is 0 Å². The number of nitrogens with zero attached hydrogens (tertiary/aromatic N) is 1. The van der Waals surface area contributed by atoms with Crippen molar-refractivity contribution in [2.75, 3.05) is 18.9 Å². The quantitative estimate of drug-likeness (QED) is 0.600. The predicted octanol–water partition coefficient (Wildman–Crippen LogP) is 1.33. The van der Waals surface area contributed by atoms with Crippen LogP contribution in [-0.4, -0.2) is 23.3 Å². The number of aliphatic hydroxyl groups is 1. The molecule has 0 aliphatic heterocycles. The Morgan fingerprint density at radius 3 is 3.00 bits per heavy atom. The summed E-state index contributed by atoms with van der Waals surface area (Å²) in [4.78, 5) is 4.30. The molecule has 1 aromatic carbocycles. The lowest BCUT2D eigenvalue weighted by atomic mass is 10.1. The van der Waals surface area contributed by atoms with E-state index < -0.39 is 0 Å². The summed E-state index contributed by atoms with van der Waals surface area (Å²) in [5.74, 6) is 0. The number of pyridine rings is 1. The van der Waals surface area contributed by atoms with Crippen LogP contribution in [-0.2, 0) is 11.3 Å². The number of ether oxygens (including phenoxy) is 1. The van der Waals surface area contributed by atoms with E-state index in [1.54, 1.807) is 6.20 Å². The van der Waals surface area contributed by atoms with Gasteiger partial charge in [0.05, 0.1) is 25.3 Å². The number of aliphatic hydroxyl groups excluding tert-OH is 1. The first kappa shape index (κ1) is 10.9. The molecule has 2 rings (SSSR count). The normalized spacial score (nSPS) is 10.8. The number of rotatable bonds is 4. The number of hydrogen-bond acceptors (Lipinski definition) is 4. The zero-order valence-corrected chi connectivity index (χ0v) is 8.89. The minimum atomic E-state index is 0.0392. The molecule has 3 N–H and O–H groups in total. The standard InChI is InChI=1S/C12H14N2O2/c13-11-2-1-10-5-9(8-16-4-3-15)7-14-12(10)6-11/h1-2,5-7,15H,3-4,8,13H2. The van der Waals surface area contributed by atoms with Gasteiger partial charge in [0.2, 0.25) is 0 Å². The molecular weight excluding hydrogens is 204 g/mol. The maximum Gasteiger partial charge on any atom is 0.0733 e. The molecule has 0 spiro atoms. The van der Waals surface area contributed by atoms with Crippen molar-refractivity contribution < 1.29 is 9.84 Å². The molecule has 0 amide bonds. The van der Waals surface area contributed by atoms with Crippen LogP contribution in [0, 0.1) is 0 Å². The summed E-state index contributed by atoms with van der Waals surface area (Å²) >= 11 is 0. The van der Waals surface area contributed by atoms with Gasteiger partial charge in [-0.05, 0) is 23.8 Å². The summed E-state index contributed by atoms with van der Waals surface area (Å²) in [5, 5.41) is 9.63. The summed E-state index contributed by atoms with van der Waals surface area (Å²) in [5.41, 5.74) is 8.25. The van der Waals surface area contributed by atoms with E-state index in [1.165, 1.54) is 0 Å². The zero-order chi connectivity index (χ0) is 11.4. The van der Waals surface area contributed by atoms with Gasteiger partial charge in [0.15, 0.2) is 0 Å². The van der Waals surface area contributed by atoms with Crippen molar-refractivity contribution in [1.82, 2.24) is 4.98 Å². The minimum absolute atomic E-state index is 0.0392. The molecule has 4 nitrogen and oxygen atoms in total. The molecule has 0 radical (unpaired) electrons. The van der Waals surface area contributed by atoms with Crippen LogP contribution >= 0.6 is 0 Å². The van der Waals surface area contributed by atoms with E-state index in [-0.39, 0.29) is 6.61 Å². The smallest absolute Gasteiger partial charge is 0.0733 e. The summed E-state index contributed by atoms with van der Waals surface area (Å²) < 4.78 is 5.23. The lowest BCUT2D eigenvalue weighted by molar-refractivity contribution is 0.0815. The average Bonchev–Trinajstić information content (AvgIpc) is 2.29. The molecule has 0 aliphatic carbocycles. The van der Waals surface area contributed by atoms with E-state index in [2.05, 4.69) is 4.98 Å². The van der Waals surface area contributed by atoms with Gasteiger partial charge in [-0.25, -0.2) is 0 Å². The van der Waals surface area contributed by atoms with Crippen molar-refractivity contribution in [1.29, 1.82) is 0 Å². The van der Waals surface area contributed by atoms with E-state index in [1.807, 2.05) is 24.3 Å². The zero-order valence-electron chi connectivity index (χ0n) is 8.89. The Bertz CT molecular complexity index is 485. The Morgan fingerprint density at radius 1 is 1.31 bits per heavy atom. The van der Waals surface area contributed by atoms with Gasteiger partial charge in [-0.15, -0.1) is 0 Å². The molecule has 0 saturated heterocycles.